The first-order valence-corrected chi connectivity index (χ1v) is 11.6. The van der Waals surface area contributed by atoms with Crippen LogP contribution in [-0.4, -0.2) is 63.0 Å². The molecular weight excluding hydrogens is 412 g/mol. The Morgan fingerprint density at radius 3 is 2.37 bits per heavy atom. The topological polar surface area (TPSA) is 128 Å². The second-order valence-corrected chi connectivity index (χ2v) is 9.66. The van der Waals surface area contributed by atoms with Gasteiger partial charge < -0.3 is 20.1 Å². The average Bonchev–Trinajstić information content (AvgIpc) is 3.02. The number of hydrogen-bond acceptors (Lipinski definition) is 7. The van der Waals surface area contributed by atoms with Gasteiger partial charge in [0, 0.05) is 11.6 Å². The highest BCUT2D eigenvalue weighted by atomic mass is 32.2. The molecule has 1 aliphatic heterocycles. The molecule has 30 heavy (non-hydrogen) atoms. The number of sulfone groups is 1. The van der Waals surface area contributed by atoms with Crippen LogP contribution in [0, 0.1) is 5.92 Å². The van der Waals surface area contributed by atoms with Gasteiger partial charge in [-0.3, -0.25) is 9.59 Å². The number of amides is 2. The van der Waals surface area contributed by atoms with Crippen molar-refractivity contribution in [2.45, 2.75) is 39.3 Å². The molecule has 1 aromatic rings. The molecule has 1 aromatic carbocycles. The molecule has 0 bridgehead atoms. The van der Waals surface area contributed by atoms with E-state index >= 15 is 0 Å². The Hall–Kier alpha value is -2.62. The van der Waals surface area contributed by atoms with Crippen molar-refractivity contribution in [3.8, 4) is 5.75 Å². The Morgan fingerprint density at radius 2 is 1.83 bits per heavy atom. The van der Waals surface area contributed by atoms with Crippen molar-refractivity contribution in [1.82, 2.24) is 10.6 Å². The molecule has 1 fully saturated rings. The third-order valence-electron chi connectivity index (χ3n) is 4.58. The molecule has 0 radical (unpaired) electrons. The van der Waals surface area contributed by atoms with E-state index < -0.39 is 46.3 Å². The molecule has 2 atom stereocenters. The zero-order valence-electron chi connectivity index (χ0n) is 17.3. The van der Waals surface area contributed by atoms with E-state index in [2.05, 4.69) is 10.6 Å². The fraction of sp³-hybridized carbons (Fsp3) is 0.550. The van der Waals surface area contributed by atoms with Gasteiger partial charge in [0.25, 0.3) is 11.8 Å². The lowest BCUT2D eigenvalue weighted by molar-refractivity contribution is -0.151. The van der Waals surface area contributed by atoms with Crippen molar-refractivity contribution in [2.75, 3.05) is 24.7 Å². The molecule has 2 N–H and O–H groups in total. The third-order valence-corrected chi connectivity index (χ3v) is 6.35. The second-order valence-electron chi connectivity index (χ2n) is 7.43. The molecule has 9 nitrogen and oxygen atoms in total. The largest absolute Gasteiger partial charge is 0.494 e. The fourth-order valence-corrected chi connectivity index (χ4v) is 4.67. The van der Waals surface area contributed by atoms with Gasteiger partial charge in [-0.05, 0) is 43.5 Å². The van der Waals surface area contributed by atoms with Gasteiger partial charge in [0.15, 0.2) is 16.4 Å². The van der Waals surface area contributed by atoms with Crippen molar-refractivity contribution in [2.24, 2.45) is 5.92 Å². The van der Waals surface area contributed by atoms with Gasteiger partial charge in [0.05, 0.1) is 18.1 Å². The number of esters is 1. The van der Waals surface area contributed by atoms with Gasteiger partial charge in [-0.15, -0.1) is 0 Å². The summed E-state index contributed by atoms with van der Waals surface area (Å²) in [5.74, 6) is -1.48. The monoisotopic (exact) mass is 440 g/mol. The first kappa shape index (κ1) is 23.7. The standard InChI is InChI=1S/C20H28N2O7S/c1-4-28-16-7-5-14(6-8-16)19(24)22-18(13(2)3)20(25)29-11-17(23)21-15-9-10-30(26,27)12-15/h5-8,13,15,18H,4,9-12H2,1-3H3,(H,21,23)(H,22,24). The van der Waals surface area contributed by atoms with Crippen LogP contribution in [0.1, 0.15) is 37.6 Å². The minimum absolute atomic E-state index is 0.0325. The molecule has 2 unspecified atom stereocenters. The summed E-state index contributed by atoms with van der Waals surface area (Å²) >= 11 is 0. The predicted molar refractivity (Wildman–Crippen MR) is 110 cm³/mol. The molecule has 2 rings (SSSR count). The molecule has 0 spiro atoms. The number of benzene rings is 1. The maximum absolute atomic E-state index is 12.5. The van der Waals surface area contributed by atoms with Crippen molar-refractivity contribution >= 4 is 27.6 Å². The maximum atomic E-state index is 12.5. The lowest BCUT2D eigenvalue weighted by atomic mass is 10.0. The zero-order valence-corrected chi connectivity index (χ0v) is 18.2. The smallest absolute Gasteiger partial charge is 0.329 e. The average molecular weight is 441 g/mol. The summed E-state index contributed by atoms with van der Waals surface area (Å²) < 4.78 is 33.3. The van der Waals surface area contributed by atoms with E-state index in [1.807, 2.05) is 6.92 Å². The van der Waals surface area contributed by atoms with Crippen molar-refractivity contribution in [3.05, 3.63) is 29.8 Å². The second kappa shape index (κ2) is 10.4. The lowest BCUT2D eigenvalue weighted by Gasteiger charge is -2.21. The van der Waals surface area contributed by atoms with E-state index in [1.54, 1.807) is 38.1 Å². The van der Waals surface area contributed by atoms with E-state index in [0.717, 1.165) is 0 Å². The Morgan fingerprint density at radius 1 is 1.17 bits per heavy atom. The quantitative estimate of drug-likeness (QED) is 0.541. The number of carbonyl (C=O) groups is 3. The third kappa shape index (κ3) is 7.01. The predicted octanol–water partition coefficient (Wildman–Crippen LogP) is 0.686. The maximum Gasteiger partial charge on any atom is 0.329 e. The van der Waals surface area contributed by atoms with Crippen LogP contribution in [0.5, 0.6) is 5.75 Å². The van der Waals surface area contributed by atoms with E-state index in [-0.39, 0.29) is 17.4 Å². The Bertz CT molecular complexity index is 866. The Balaban J connectivity index is 1.87. The van der Waals surface area contributed by atoms with Gasteiger partial charge in [-0.25, -0.2) is 13.2 Å². The van der Waals surface area contributed by atoms with Crippen molar-refractivity contribution in [1.29, 1.82) is 0 Å². The molecular formula is C20H28N2O7S. The van der Waals surface area contributed by atoms with Crippen LogP contribution in [0.25, 0.3) is 0 Å². The highest BCUT2D eigenvalue weighted by Crippen LogP contribution is 2.14. The van der Waals surface area contributed by atoms with Crippen LogP contribution in [0.3, 0.4) is 0 Å². The molecule has 0 saturated carbocycles. The fourth-order valence-electron chi connectivity index (χ4n) is 3.00. The molecule has 166 valence electrons. The van der Waals surface area contributed by atoms with Crippen LogP contribution in [0.15, 0.2) is 24.3 Å². The summed E-state index contributed by atoms with van der Waals surface area (Å²) in [5, 5.41) is 5.17. The van der Waals surface area contributed by atoms with E-state index in [0.29, 0.717) is 24.3 Å². The number of ether oxygens (including phenoxy) is 2. The molecule has 1 heterocycles. The number of nitrogens with one attached hydrogen (secondary N) is 2. The first-order chi connectivity index (χ1) is 14.1. The molecule has 0 aromatic heterocycles. The summed E-state index contributed by atoms with van der Waals surface area (Å²) in [5.41, 5.74) is 0.358. The summed E-state index contributed by atoms with van der Waals surface area (Å²) in [6.45, 7) is 5.31. The van der Waals surface area contributed by atoms with Crippen LogP contribution < -0.4 is 15.4 Å². The zero-order chi connectivity index (χ0) is 22.3. The van der Waals surface area contributed by atoms with Crippen molar-refractivity contribution in [3.63, 3.8) is 0 Å². The highest BCUT2D eigenvalue weighted by Gasteiger charge is 2.30. The first-order valence-electron chi connectivity index (χ1n) is 9.81. The summed E-state index contributed by atoms with van der Waals surface area (Å²) in [4.78, 5) is 36.8. The van der Waals surface area contributed by atoms with Gasteiger partial charge >= 0.3 is 5.97 Å². The Labute approximate surface area is 176 Å². The highest BCUT2D eigenvalue weighted by molar-refractivity contribution is 7.91. The number of rotatable bonds is 9. The van der Waals surface area contributed by atoms with Gasteiger partial charge in [-0.1, -0.05) is 13.8 Å². The van der Waals surface area contributed by atoms with Gasteiger partial charge in [0.1, 0.15) is 11.8 Å². The van der Waals surface area contributed by atoms with Gasteiger partial charge in [0.2, 0.25) is 0 Å². The molecule has 1 aliphatic rings. The van der Waals surface area contributed by atoms with Gasteiger partial charge in [-0.2, -0.15) is 0 Å². The summed E-state index contributed by atoms with van der Waals surface area (Å²) in [6.07, 6.45) is 0.342. The summed E-state index contributed by atoms with van der Waals surface area (Å²) in [7, 11) is -3.12. The molecule has 1 saturated heterocycles. The molecule has 2 amide bonds. The number of carbonyl (C=O) groups excluding carboxylic acids is 3. The Kier molecular flexibility index (Phi) is 8.22. The minimum Gasteiger partial charge on any atom is -0.494 e. The summed E-state index contributed by atoms with van der Waals surface area (Å²) in [6, 6.07) is 5.09. The van der Waals surface area contributed by atoms with E-state index in [1.165, 1.54) is 0 Å². The number of hydrogen-bond donors (Lipinski definition) is 2. The van der Waals surface area contributed by atoms with Crippen molar-refractivity contribution < 1.29 is 32.3 Å². The normalized spacial score (nSPS) is 18.5. The van der Waals surface area contributed by atoms with E-state index in [4.69, 9.17) is 9.47 Å². The van der Waals surface area contributed by atoms with Crippen LogP contribution in [0.4, 0.5) is 0 Å². The van der Waals surface area contributed by atoms with Crippen LogP contribution in [0.2, 0.25) is 0 Å². The van der Waals surface area contributed by atoms with E-state index in [9.17, 15) is 22.8 Å². The SMILES string of the molecule is CCOc1ccc(C(=O)NC(C(=O)OCC(=O)NC2CCS(=O)(=O)C2)C(C)C)cc1. The molecule has 0 aliphatic carbocycles. The van der Waals surface area contributed by atoms with Crippen LogP contribution in [-0.2, 0) is 24.2 Å². The minimum atomic E-state index is -3.12. The molecule has 10 heteroatoms. The van der Waals surface area contributed by atoms with Crippen LogP contribution >= 0.6 is 0 Å². The lowest BCUT2D eigenvalue weighted by Crippen LogP contribution is -2.46.